The zero-order valence-electron chi connectivity index (χ0n) is 17.2. The predicted octanol–water partition coefficient (Wildman–Crippen LogP) is 4.29. The number of carbonyl (C=O) groups is 1. The molecule has 2 heterocycles. The van der Waals surface area contributed by atoms with E-state index < -0.39 is 0 Å². The Morgan fingerprint density at radius 1 is 1.23 bits per heavy atom. The second kappa shape index (κ2) is 8.83. The fraction of sp³-hybridized carbons (Fsp3) is 0.174. The SMILES string of the molecule is COc1cccc(-c2nc3cnccn3c2NCCC(=O)Nc2ccc(C)c(F)c2)c1. The van der Waals surface area contributed by atoms with Gasteiger partial charge in [0.05, 0.1) is 13.3 Å². The zero-order chi connectivity index (χ0) is 21.8. The monoisotopic (exact) mass is 419 g/mol. The van der Waals surface area contributed by atoms with E-state index in [1.807, 2.05) is 34.9 Å². The Hall–Kier alpha value is -3.94. The molecule has 0 saturated carbocycles. The minimum atomic E-state index is -0.349. The number of halogens is 1. The van der Waals surface area contributed by atoms with Crippen molar-refractivity contribution in [1.82, 2.24) is 14.4 Å². The molecule has 0 spiro atoms. The number of hydrogen-bond donors (Lipinski definition) is 2. The van der Waals surface area contributed by atoms with E-state index in [1.54, 1.807) is 38.6 Å². The van der Waals surface area contributed by atoms with E-state index in [1.165, 1.54) is 6.07 Å². The summed E-state index contributed by atoms with van der Waals surface area (Å²) >= 11 is 0. The van der Waals surface area contributed by atoms with Crippen LogP contribution in [0.5, 0.6) is 5.75 Å². The second-order valence-corrected chi connectivity index (χ2v) is 7.03. The van der Waals surface area contributed by atoms with Gasteiger partial charge in [0, 0.05) is 36.6 Å². The summed E-state index contributed by atoms with van der Waals surface area (Å²) in [7, 11) is 1.62. The van der Waals surface area contributed by atoms with Gasteiger partial charge >= 0.3 is 0 Å². The van der Waals surface area contributed by atoms with Crippen LogP contribution >= 0.6 is 0 Å². The molecule has 0 unspecified atom stereocenters. The number of aryl methyl sites for hydroxylation is 1. The summed E-state index contributed by atoms with van der Waals surface area (Å²) in [5, 5.41) is 6.03. The highest BCUT2D eigenvalue weighted by Crippen LogP contribution is 2.30. The lowest BCUT2D eigenvalue weighted by Gasteiger charge is -2.10. The zero-order valence-corrected chi connectivity index (χ0v) is 17.2. The van der Waals surface area contributed by atoms with Crippen LogP contribution in [0.3, 0.4) is 0 Å². The Bertz CT molecular complexity index is 1240. The average molecular weight is 419 g/mol. The van der Waals surface area contributed by atoms with Crippen molar-refractivity contribution in [3.8, 4) is 17.0 Å². The molecule has 2 aromatic heterocycles. The van der Waals surface area contributed by atoms with E-state index >= 15 is 0 Å². The van der Waals surface area contributed by atoms with E-state index in [-0.39, 0.29) is 18.1 Å². The topological polar surface area (TPSA) is 80.6 Å². The van der Waals surface area contributed by atoms with E-state index in [2.05, 4.69) is 20.6 Å². The molecule has 0 bridgehead atoms. The summed E-state index contributed by atoms with van der Waals surface area (Å²) in [6, 6.07) is 12.2. The largest absolute Gasteiger partial charge is 0.497 e. The molecule has 1 amide bonds. The summed E-state index contributed by atoms with van der Waals surface area (Å²) < 4.78 is 20.9. The molecule has 0 atom stereocenters. The normalized spacial score (nSPS) is 10.8. The van der Waals surface area contributed by atoms with Crippen LogP contribution in [0.25, 0.3) is 16.9 Å². The van der Waals surface area contributed by atoms with Gasteiger partial charge in [0.2, 0.25) is 5.91 Å². The summed E-state index contributed by atoms with van der Waals surface area (Å²) in [5.74, 6) is 0.913. The maximum absolute atomic E-state index is 13.7. The molecule has 0 aliphatic carbocycles. The first-order valence-electron chi connectivity index (χ1n) is 9.81. The van der Waals surface area contributed by atoms with Crippen molar-refractivity contribution in [2.45, 2.75) is 13.3 Å². The van der Waals surface area contributed by atoms with Crippen LogP contribution in [-0.2, 0) is 4.79 Å². The third-order valence-corrected chi connectivity index (χ3v) is 4.87. The van der Waals surface area contributed by atoms with Crippen molar-refractivity contribution in [3.05, 3.63) is 72.4 Å². The van der Waals surface area contributed by atoms with Gasteiger partial charge in [-0.3, -0.25) is 14.2 Å². The van der Waals surface area contributed by atoms with Crippen molar-refractivity contribution in [3.63, 3.8) is 0 Å². The highest BCUT2D eigenvalue weighted by Gasteiger charge is 2.15. The number of methoxy groups -OCH3 is 1. The number of ether oxygens (including phenoxy) is 1. The lowest BCUT2D eigenvalue weighted by molar-refractivity contribution is -0.115. The molecule has 0 radical (unpaired) electrons. The molecule has 2 aromatic carbocycles. The van der Waals surface area contributed by atoms with E-state index in [4.69, 9.17) is 4.74 Å². The molecule has 0 fully saturated rings. The molecular weight excluding hydrogens is 397 g/mol. The van der Waals surface area contributed by atoms with Crippen molar-refractivity contribution < 1.29 is 13.9 Å². The average Bonchev–Trinajstić information content (AvgIpc) is 3.15. The molecule has 2 N–H and O–H groups in total. The van der Waals surface area contributed by atoms with Crippen molar-refractivity contribution in [2.75, 3.05) is 24.3 Å². The number of nitrogens with one attached hydrogen (secondary N) is 2. The minimum absolute atomic E-state index is 0.200. The van der Waals surface area contributed by atoms with Gasteiger partial charge in [-0.1, -0.05) is 18.2 Å². The van der Waals surface area contributed by atoms with Crippen molar-refractivity contribution in [1.29, 1.82) is 0 Å². The minimum Gasteiger partial charge on any atom is -0.497 e. The third kappa shape index (κ3) is 4.48. The first-order valence-corrected chi connectivity index (χ1v) is 9.81. The Labute approximate surface area is 178 Å². The maximum Gasteiger partial charge on any atom is 0.226 e. The summed E-state index contributed by atoms with van der Waals surface area (Å²) in [4.78, 5) is 21.1. The number of hydrogen-bond acceptors (Lipinski definition) is 5. The van der Waals surface area contributed by atoms with Crippen molar-refractivity contribution in [2.24, 2.45) is 0 Å². The van der Waals surface area contributed by atoms with Crippen LogP contribution in [-0.4, -0.2) is 33.9 Å². The van der Waals surface area contributed by atoms with E-state index in [0.717, 1.165) is 22.8 Å². The predicted molar refractivity (Wildman–Crippen MR) is 118 cm³/mol. The Balaban J connectivity index is 1.51. The molecular formula is C23H22FN5O2. The number of carbonyl (C=O) groups excluding carboxylic acids is 1. The standard InChI is InChI=1S/C23H22FN5O2/c1-15-6-7-17(13-19(15)24)27-21(30)8-9-26-23-22(16-4-3-5-18(12-16)31-2)28-20-14-25-10-11-29(20)23/h3-7,10-14,26H,8-9H2,1-2H3,(H,27,30). The molecule has 31 heavy (non-hydrogen) atoms. The van der Waals surface area contributed by atoms with Crippen LogP contribution < -0.4 is 15.4 Å². The smallest absolute Gasteiger partial charge is 0.226 e. The van der Waals surface area contributed by atoms with Crippen LogP contribution in [0.4, 0.5) is 15.9 Å². The number of aromatic nitrogens is 3. The van der Waals surface area contributed by atoms with Crippen molar-refractivity contribution >= 4 is 23.1 Å². The van der Waals surface area contributed by atoms with Crippen LogP contribution in [0.1, 0.15) is 12.0 Å². The van der Waals surface area contributed by atoms with E-state index in [9.17, 15) is 9.18 Å². The van der Waals surface area contributed by atoms with Gasteiger partial charge in [0.15, 0.2) is 5.65 Å². The molecule has 4 aromatic rings. The fourth-order valence-corrected chi connectivity index (χ4v) is 3.24. The molecule has 0 saturated heterocycles. The first kappa shape index (κ1) is 20.3. The lowest BCUT2D eigenvalue weighted by Crippen LogP contribution is -2.17. The Morgan fingerprint density at radius 2 is 2.10 bits per heavy atom. The highest BCUT2D eigenvalue weighted by atomic mass is 19.1. The molecule has 158 valence electrons. The van der Waals surface area contributed by atoms with Gasteiger partial charge in [-0.25, -0.2) is 9.37 Å². The number of amides is 1. The van der Waals surface area contributed by atoms with Crippen LogP contribution in [0.2, 0.25) is 0 Å². The molecule has 4 rings (SSSR count). The summed E-state index contributed by atoms with van der Waals surface area (Å²) in [6.45, 7) is 2.05. The molecule has 8 heteroatoms. The number of rotatable bonds is 7. The molecule has 0 aliphatic heterocycles. The van der Waals surface area contributed by atoms with Gasteiger partial charge in [0.1, 0.15) is 23.1 Å². The molecule has 7 nitrogen and oxygen atoms in total. The summed E-state index contributed by atoms with van der Waals surface area (Å²) in [5.41, 5.74) is 3.26. The van der Waals surface area contributed by atoms with Gasteiger partial charge in [-0.15, -0.1) is 0 Å². The first-order chi connectivity index (χ1) is 15.0. The number of fused-ring (bicyclic) bond motifs is 1. The number of anilines is 2. The number of nitrogens with zero attached hydrogens (tertiary/aromatic N) is 3. The summed E-state index contributed by atoms with van der Waals surface area (Å²) in [6.07, 6.45) is 5.36. The molecule has 0 aliphatic rings. The van der Waals surface area contributed by atoms with E-state index in [0.29, 0.717) is 23.4 Å². The fourth-order valence-electron chi connectivity index (χ4n) is 3.24. The van der Waals surface area contributed by atoms with Gasteiger partial charge in [-0.05, 0) is 36.8 Å². The van der Waals surface area contributed by atoms with Crippen LogP contribution in [0, 0.1) is 12.7 Å². The van der Waals surface area contributed by atoms with Gasteiger partial charge < -0.3 is 15.4 Å². The Morgan fingerprint density at radius 3 is 2.90 bits per heavy atom. The maximum atomic E-state index is 13.7. The Kier molecular flexibility index (Phi) is 5.79. The lowest BCUT2D eigenvalue weighted by atomic mass is 10.1. The van der Waals surface area contributed by atoms with Crippen LogP contribution in [0.15, 0.2) is 61.1 Å². The second-order valence-electron chi connectivity index (χ2n) is 7.03. The third-order valence-electron chi connectivity index (χ3n) is 4.87. The number of benzene rings is 2. The van der Waals surface area contributed by atoms with Gasteiger partial charge in [-0.2, -0.15) is 0 Å². The quantitative estimate of drug-likeness (QED) is 0.467. The van der Waals surface area contributed by atoms with Gasteiger partial charge in [0.25, 0.3) is 0 Å². The number of imidazole rings is 1. The highest BCUT2D eigenvalue weighted by molar-refractivity contribution is 5.91.